The summed E-state index contributed by atoms with van der Waals surface area (Å²) in [7, 11) is 0. The summed E-state index contributed by atoms with van der Waals surface area (Å²) in [5.74, 6) is 0.280. The number of aliphatic carboxylic acids is 1. The van der Waals surface area contributed by atoms with E-state index in [0.29, 0.717) is 17.7 Å². The van der Waals surface area contributed by atoms with Crippen LogP contribution in [-0.4, -0.2) is 35.0 Å². The largest absolute Gasteiger partial charge is 1.00 e. The molecule has 35 heavy (non-hydrogen) atoms. The number of carboxylic acids is 1. The predicted octanol–water partition coefficient (Wildman–Crippen LogP) is 4.01. The Morgan fingerprint density at radius 3 is 2.51 bits per heavy atom. The van der Waals surface area contributed by atoms with Crippen LogP contribution in [-0.2, 0) is 11.2 Å². The molecular formula is C29H40NNaO3S. The van der Waals surface area contributed by atoms with Gasteiger partial charge in [-0.2, -0.15) is 11.8 Å². The van der Waals surface area contributed by atoms with Crippen molar-refractivity contribution in [2.45, 2.75) is 77.2 Å². The Bertz CT molecular complexity index is 965. The molecule has 6 heteroatoms. The molecule has 4 nitrogen and oxygen atoms in total. The van der Waals surface area contributed by atoms with E-state index in [9.17, 15) is 14.7 Å². The Balaban J connectivity index is 0.00000324. The van der Waals surface area contributed by atoms with Crippen molar-refractivity contribution in [1.82, 2.24) is 5.32 Å². The van der Waals surface area contributed by atoms with Gasteiger partial charge in [0.15, 0.2) is 0 Å². The molecule has 0 spiro atoms. The zero-order valence-corrected chi connectivity index (χ0v) is 24.5. The average molecular weight is 506 g/mol. The zero-order chi connectivity index (χ0) is 24.3. The van der Waals surface area contributed by atoms with E-state index >= 15 is 0 Å². The molecule has 1 unspecified atom stereocenters. The second kappa shape index (κ2) is 15.8. The summed E-state index contributed by atoms with van der Waals surface area (Å²) in [4.78, 5) is 24.9. The number of thioether (sulfide) groups is 1. The van der Waals surface area contributed by atoms with Gasteiger partial charge in [0.2, 0.25) is 0 Å². The van der Waals surface area contributed by atoms with Crippen LogP contribution < -0.4 is 34.9 Å². The van der Waals surface area contributed by atoms with E-state index in [1.54, 1.807) is 11.8 Å². The predicted molar refractivity (Wildman–Crippen MR) is 144 cm³/mol. The number of hydrogen-bond acceptors (Lipinski definition) is 3. The van der Waals surface area contributed by atoms with Crippen molar-refractivity contribution < 1.29 is 45.7 Å². The summed E-state index contributed by atoms with van der Waals surface area (Å²) in [5, 5.41) is 12.3. The number of aryl methyl sites for hydroxylation is 2. The quantitative estimate of drug-likeness (QED) is 0.338. The summed E-state index contributed by atoms with van der Waals surface area (Å²) in [5.41, 5.74) is 4.77. The molecule has 186 valence electrons. The molecule has 2 aromatic carbocycles. The molecule has 0 saturated heterocycles. The second-order valence-corrected chi connectivity index (χ2v) is 10.6. The van der Waals surface area contributed by atoms with Crippen molar-refractivity contribution >= 4 is 23.6 Å². The van der Waals surface area contributed by atoms with Gasteiger partial charge < -0.3 is 11.8 Å². The number of rotatable bonds is 12. The second-order valence-electron chi connectivity index (χ2n) is 9.59. The van der Waals surface area contributed by atoms with Gasteiger partial charge in [0.1, 0.15) is 6.04 Å². The number of carboxylic acid groups (broad SMARTS) is 1. The molecule has 1 aliphatic rings. The van der Waals surface area contributed by atoms with E-state index in [0.717, 1.165) is 35.4 Å². The SMILES string of the molecule is CSCCC(NC(=O)c1ccc(CCCCC2CCCCC2)cc1-c1ccccc1C)C(=O)O.[H-].[Na+]. The van der Waals surface area contributed by atoms with E-state index in [-0.39, 0.29) is 36.9 Å². The van der Waals surface area contributed by atoms with E-state index in [1.165, 1.54) is 50.5 Å². The number of carbonyl (C=O) groups excluding carboxylic acids is 1. The van der Waals surface area contributed by atoms with Crippen LogP contribution in [0.3, 0.4) is 0 Å². The number of amides is 1. The first-order chi connectivity index (χ1) is 16.5. The summed E-state index contributed by atoms with van der Waals surface area (Å²) in [6.45, 7) is 2.05. The Hall–Kier alpha value is -1.27. The summed E-state index contributed by atoms with van der Waals surface area (Å²) in [6.07, 6.45) is 14.1. The maximum absolute atomic E-state index is 13.2. The first-order valence-corrected chi connectivity index (χ1v) is 14.1. The van der Waals surface area contributed by atoms with Crippen molar-refractivity contribution in [2.24, 2.45) is 5.92 Å². The minimum atomic E-state index is -0.991. The van der Waals surface area contributed by atoms with E-state index in [2.05, 4.69) is 11.4 Å². The van der Waals surface area contributed by atoms with Crippen molar-refractivity contribution in [3.63, 3.8) is 0 Å². The fourth-order valence-corrected chi connectivity index (χ4v) is 5.48. The normalized spacial score (nSPS) is 14.7. The molecule has 0 heterocycles. The Kier molecular flexibility index (Phi) is 13.5. The summed E-state index contributed by atoms with van der Waals surface area (Å²) in [6, 6.07) is 13.2. The van der Waals surface area contributed by atoms with Crippen LogP contribution in [0.5, 0.6) is 0 Å². The van der Waals surface area contributed by atoms with Gasteiger partial charge in [0, 0.05) is 5.56 Å². The third-order valence-corrected chi connectivity index (χ3v) is 7.67. The first-order valence-electron chi connectivity index (χ1n) is 12.7. The molecule has 0 bridgehead atoms. The van der Waals surface area contributed by atoms with Crippen molar-refractivity contribution in [1.29, 1.82) is 0 Å². The molecule has 2 aromatic rings. The number of unbranched alkanes of at least 4 members (excludes halogenated alkanes) is 1. The number of carbonyl (C=O) groups is 2. The van der Waals surface area contributed by atoms with Crippen LogP contribution in [0.25, 0.3) is 11.1 Å². The number of benzene rings is 2. The van der Waals surface area contributed by atoms with Gasteiger partial charge in [-0.3, -0.25) is 4.79 Å². The maximum atomic E-state index is 13.2. The van der Waals surface area contributed by atoms with Gasteiger partial charge in [-0.15, -0.1) is 0 Å². The molecular weight excluding hydrogens is 465 g/mol. The first kappa shape index (κ1) is 30.0. The van der Waals surface area contributed by atoms with Gasteiger partial charge in [0.05, 0.1) is 0 Å². The Morgan fingerprint density at radius 1 is 1.09 bits per heavy atom. The fraction of sp³-hybridized carbons (Fsp3) is 0.517. The van der Waals surface area contributed by atoms with E-state index in [4.69, 9.17) is 0 Å². The van der Waals surface area contributed by atoms with Gasteiger partial charge in [0.25, 0.3) is 5.91 Å². The third kappa shape index (κ3) is 9.27. The standard InChI is InChI=1S/C29H39NO3S.Na.H/c1-21-10-6-9-15-24(21)26-20-23(14-8-7-13-22-11-4-3-5-12-22)16-17-25(26)28(31)30-27(29(32)33)18-19-34-2;;/h6,9-10,15-17,20,22,27H,3-5,7-8,11-14,18-19H2,1-2H3,(H,30,31)(H,32,33);;/q;+1;-1. The third-order valence-electron chi connectivity index (χ3n) is 7.03. The minimum Gasteiger partial charge on any atom is -1.00 e. The molecule has 1 amide bonds. The molecule has 1 aliphatic carbocycles. The van der Waals surface area contributed by atoms with Gasteiger partial charge >= 0.3 is 35.5 Å². The monoisotopic (exact) mass is 505 g/mol. The summed E-state index contributed by atoms with van der Waals surface area (Å²) < 4.78 is 0. The van der Waals surface area contributed by atoms with E-state index in [1.807, 2.05) is 49.6 Å². The smallest absolute Gasteiger partial charge is 1.00 e. The molecule has 1 fully saturated rings. The number of nitrogens with one attached hydrogen (secondary N) is 1. The molecule has 3 rings (SSSR count). The maximum Gasteiger partial charge on any atom is 1.00 e. The molecule has 0 radical (unpaired) electrons. The average Bonchev–Trinajstić information content (AvgIpc) is 2.85. The van der Waals surface area contributed by atoms with Gasteiger partial charge in [-0.05, 0) is 72.4 Å². The van der Waals surface area contributed by atoms with Crippen molar-refractivity contribution in [3.8, 4) is 11.1 Å². The van der Waals surface area contributed by atoms with Crippen LogP contribution in [0, 0.1) is 12.8 Å². The molecule has 0 aliphatic heterocycles. The van der Waals surface area contributed by atoms with Gasteiger partial charge in [-0.1, -0.05) is 81.3 Å². The zero-order valence-electron chi connectivity index (χ0n) is 22.6. The van der Waals surface area contributed by atoms with Crippen LogP contribution in [0.15, 0.2) is 42.5 Å². The van der Waals surface area contributed by atoms with Crippen molar-refractivity contribution in [3.05, 3.63) is 59.2 Å². The molecule has 0 aromatic heterocycles. The summed E-state index contributed by atoms with van der Waals surface area (Å²) >= 11 is 1.58. The number of hydrogen-bond donors (Lipinski definition) is 2. The van der Waals surface area contributed by atoms with Crippen LogP contribution in [0.4, 0.5) is 0 Å². The molecule has 2 N–H and O–H groups in total. The van der Waals surface area contributed by atoms with Crippen LogP contribution >= 0.6 is 11.8 Å². The molecule has 1 saturated carbocycles. The minimum absolute atomic E-state index is 0. The fourth-order valence-electron chi connectivity index (χ4n) is 5.01. The van der Waals surface area contributed by atoms with E-state index < -0.39 is 12.0 Å². The molecule has 1 atom stereocenters. The Morgan fingerprint density at radius 2 is 1.83 bits per heavy atom. The van der Waals surface area contributed by atoms with Crippen LogP contribution in [0.1, 0.15) is 80.7 Å². The van der Waals surface area contributed by atoms with Gasteiger partial charge in [-0.25, -0.2) is 4.79 Å². The van der Waals surface area contributed by atoms with Crippen LogP contribution in [0.2, 0.25) is 0 Å². The van der Waals surface area contributed by atoms with Crippen molar-refractivity contribution in [2.75, 3.05) is 12.0 Å². The topological polar surface area (TPSA) is 66.4 Å². The Labute approximate surface area is 238 Å².